The molecule has 0 unspecified atom stereocenters. The molecule has 2 saturated carbocycles. The number of halogens is 2. The van der Waals surface area contributed by atoms with Gasteiger partial charge in [0.05, 0.1) is 0 Å². The summed E-state index contributed by atoms with van der Waals surface area (Å²) in [5.74, 6) is 1.80. The van der Waals surface area contributed by atoms with Crippen molar-refractivity contribution in [2.24, 2.45) is 0 Å². The van der Waals surface area contributed by atoms with E-state index in [0.29, 0.717) is 0 Å². The molecule has 0 heterocycles. The van der Waals surface area contributed by atoms with Gasteiger partial charge in [-0.2, -0.15) is 35.4 Å². The maximum atomic E-state index is 2.26. The molecule has 0 aliphatic heterocycles. The zero-order chi connectivity index (χ0) is 13.6. The van der Waals surface area contributed by atoms with E-state index in [2.05, 4.69) is 48.5 Å². The molecule has 0 bridgehead atoms. The molecule has 2 fully saturated rings. The molecule has 0 radical (unpaired) electrons. The van der Waals surface area contributed by atoms with Crippen molar-refractivity contribution >= 4 is 0 Å². The van der Waals surface area contributed by atoms with Gasteiger partial charge in [0, 0.05) is 0 Å². The van der Waals surface area contributed by atoms with Crippen molar-refractivity contribution in [3.8, 4) is 0 Å². The number of hydrogen-bond donors (Lipinski definition) is 0. The molecule has 2 aliphatic carbocycles. The Kier molecular flexibility index (Phi) is 11.4. The molecule has 0 N–H and O–H groups in total. The Hall–Kier alpha value is -0.726. The fraction of sp³-hybridized carbons (Fsp3) is 0.500. The van der Waals surface area contributed by atoms with Crippen LogP contribution >= 0.6 is 0 Å². The van der Waals surface area contributed by atoms with Gasteiger partial charge in [-0.25, -0.2) is 24.3 Å². The van der Waals surface area contributed by atoms with Crippen molar-refractivity contribution in [3.05, 3.63) is 59.7 Å². The van der Waals surface area contributed by atoms with Gasteiger partial charge in [-0.3, -0.25) is 0 Å². The van der Waals surface area contributed by atoms with Gasteiger partial charge in [0.25, 0.3) is 0 Å². The van der Waals surface area contributed by atoms with E-state index >= 15 is 0 Å². The van der Waals surface area contributed by atoms with E-state index in [1.807, 2.05) is 0 Å². The fourth-order valence-corrected chi connectivity index (χ4v) is 3.84. The van der Waals surface area contributed by atoms with Crippen LogP contribution < -0.4 is 9.41 Å². The topological polar surface area (TPSA) is 0 Å². The first-order valence-electron chi connectivity index (χ1n) is 8.37. The molecule has 3 heteroatoms. The van der Waals surface area contributed by atoms with Crippen molar-refractivity contribution in [2.45, 2.75) is 63.2 Å². The van der Waals surface area contributed by atoms with E-state index < -0.39 is 0 Å². The quantitative estimate of drug-likeness (QED) is 0.533. The van der Waals surface area contributed by atoms with Crippen LogP contribution in [-0.4, -0.2) is 0 Å². The van der Waals surface area contributed by atoms with Gasteiger partial charge in [0.1, 0.15) is 0 Å². The summed E-state index contributed by atoms with van der Waals surface area (Å²) < 4.78 is 0. The molecular formula is C20H26F2Ti. The van der Waals surface area contributed by atoms with Crippen molar-refractivity contribution < 1.29 is 31.1 Å². The Bertz CT molecular complexity index is 417. The summed E-state index contributed by atoms with van der Waals surface area (Å²) in [4.78, 5) is 0. The second kappa shape index (κ2) is 11.8. The molecule has 0 amide bonds. The van der Waals surface area contributed by atoms with Crippen molar-refractivity contribution in [3.63, 3.8) is 0 Å². The van der Waals surface area contributed by atoms with Crippen molar-refractivity contribution in [2.75, 3.05) is 0 Å². The molecular weight excluding hydrogens is 326 g/mol. The van der Waals surface area contributed by atoms with Crippen LogP contribution in [-0.2, 0) is 21.7 Å². The molecule has 2 aliphatic rings. The molecule has 0 atom stereocenters. The maximum absolute atomic E-state index is 2.26. The number of hydrogen-bond acceptors (Lipinski definition) is 0. The summed E-state index contributed by atoms with van der Waals surface area (Å²) in [5.41, 5.74) is 3.13. The predicted octanol–water partition coefficient (Wildman–Crippen LogP) is 0.132. The smallest absolute Gasteiger partial charge is 1.00 e. The van der Waals surface area contributed by atoms with Crippen LogP contribution in [0.1, 0.15) is 74.3 Å². The van der Waals surface area contributed by atoms with Crippen LogP contribution in [0.3, 0.4) is 0 Å². The van der Waals surface area contributed by atoms with Gasteiger partial charge in [-0.15, -0.1) is 0 Å². The van der Waals surface area contributed by atoms with Crippen molar-refractivity contribution in [1.82, 2.24) is 0 Å². The third-order valence-electron chi connectivity index (χ3n) is 5.03. The molecule has 0 saturated heterocycles. The zero-order valence-corrected chi connectivity index (χ0v) is 15.2. The van der Waals surface area contributed by atoms with Crippen LogP contribution in [0.5, 0.6) is 0 Å². The third-order valence-corrected chi connectivity index (χ3v) is 5.03. The molecule has 0 spiro atoms. The molecule has 0 aromatic heterocycles. The van der Waals surface area contributed by atoms with E-state index in [1.165, 1.54) is 51.4 Å². The Labute approximate surface area is 154 Å². The average Bonchev–Trinajstić information content (AvgIpc) is 3.29. The van der Waals surface area contributed by atoms with Gasteiger partial charge < -0.3 is 9.41 Å². The standard InChI is InChI=1S/2C10H13.2FH.Ti/c2*1-2-6-9(5-1)10-7-3-4-8-10;;;/h2*1-2,5-6,10H,3-4,7-8H2;2*1H;/q2*-1;;;+4/p-2. The Balaban J connectivity index is 0.000000372. The molecule has 2 aromatic carbocycles. The third kappa shape index (κ3) is 6.35. The van der Waals surface area contributed by atoms with Gasteiger partial charge in [0.2, 0.25) is 0 Å². The van der Waals surface area contributed by atoms with Crippen LogP contribution in [0.4, 0.5) is 0 Å². The van der Waals surface area contributed by atoms with E-state index in [1.54, 1.807) is 11.1 Å². The minimum Gasteiger partial charge on any atom is -1.00 e. The Morgan fingerprint density at radius 3 is 1.04 bits per heavy atom. The van der Waals surface area contributed by atoms with Gasteiger partial charge in [-0.1, -0.05) is 63.2 Å². The summed E-state index contributed by atoms with van der Waals surface area (Å²) >= 11 is 0. The second-order valence-corrected chi connectivity index (χ2v) is 6.40. The molecule has 0 nitrogen and oxygen atoms in total. The fourth-order valence-electron chi connectivity index (χ4n) is 3.84. The van der Waals surface area contributed by atoms with Gasteiger partial charge in [-0.05, 0) is 0 Å². The summed E-state index contributed by atoms with van der Waals surface area (Å²) in [6, 6.07) is 17.6. The first kappa shape index (κ1) is 22.3. The summed E-state index contributed by atoms with van der Waals surface area (Å²) in [6.07, 6.45) is 11.4. The minimum absolute atomic E-state index is 0. The second-order valence-electron chi connectivity index (χ2n) is 6.40. The zero-order valence-electron chi connectivity index (χ0n) is 13.7. The summed E-state index contributed by atoms with van der Waals surface area (Å²) in [5, 5.41) is 0. The first-order chi connectivity index (χ1) is 9.93. The van der Waals surface area contributed by atoms with Crippen LogP contribution in [0.25, 0.3) is 0 Å². The molecule has 4 rings (SSSR count). The van der Waals surface area contributed by atoms with E-state index in [-0.39, 0.29) is 31.1 Å². The SMILES string of the molecule is [F-].[F-].[Ti+4].c1cc[c-](C2CCCC2)c1.c1cc[c-](C2CCCC2)c1. The minimum atomic E-state index is 0. The largest absolute Gasteiger partial charge is 4.00 e. The van der Waals surface area contributed by atoms with E-state index in [0.717, 1.165) is 11.8 Å². The van der Waals surface area contributed by atoms with Crippen LogP contribution in [0, 0.1) is 0 Å². The summed E-state index contributed by atoms with van der Waals surface area (Å²) in [7, 11) is 0. The summed E-state index contributed by atoms with van der Waals surface area (Å²) in [6.45, 7) is 0. The maximum Gasteiger partial charge on any atom is 4.00 e. The van der Waals surface area contributed by atoms with Crippen LogP contribution in [0.2, 0.25) is 0 Å². The predicted molar refractivity (Wildman–Crippen MR) is 86.5 cm³/mol. The van der Waals surface area contributed by atoms with E-state index in [4.69, 9.17) is 0 Å². The number of rotatable bonds is 2. The molecule has 2 aromatic rings. The Morgan fingerprint density at radius 1 is 0.522 bits per heavy atom. The molecule has 23 heavy (non-hydrogen) atoms. The van der Waals surface area contributed by atoms with Gasteiger partial charge >= 0.3 is 21.7 Å². The monoisotopic (exact) mass is 352 g/mol. The molecule has 124 valence electrons. The van der Waals surface area contributed by atoms with Gasteiger partial charge in [0.15, 0.2) is 0 Å². The normalized spacial score (nSPS) is 17.4. The van der Waals surface area contributed by atoms with E-state index in [9.17, 15) is 0 Å². The van der Waals surface area contributed by atoms with Crippen molar-refractivity contribution in [1.29, 1.82) is 0 Å². The van der Waals surface area contributed by atoms with Crippen LogP contribution in [0.15, 0.2) is 48.5 Å². The first-order valence-corrected chi connectivity index (χ1v) is 8.37. The average molecular weight is 352 g/mol. The Morgan fingerprint density at radius 2 is 0.783 bits per heavy atom.